The summed E-state index contributed by atoms with van der Waals surface area (Å²) in [4.78, 5) is 17.3. The van der Waals surface area contributed by atoms with Crippen molar-refractivity contribution in [1.82, 2.24) is 0 Å². The van der Waals surface area contributed by atoms with E-state index in [9.17, 15) is 0 Å². The van der Waals surface area contributed by atoms with E-state index in [0.717, 1.165) is 50.5 Å². The molecule has 0 bridgehead atoms. The molecular weight excluding hydrogens is 514 g/mol. The Kier molecular flexibility index (Phi) is 6.36. The number of benzene rings is 5. The van der Waals surface area contributed by atoms with Crippen molar-refractivity contribution in [2.24, 2.45) is 5.92 Å². The molecule has 3 heteroatoms. The Morgan fingerprint density at radius 3 is 1.81 bits per heavy atom. The van der Waals surface area contributed by atoms with Crippen molar-refractivity contribution in [2.75, 3.05) is 19.1 Å². The van der Waals surface area contributed by atoms with Gasteiger partial charge in [-0.1, -0.05) is 121 Å². The lowest BCUT2D eigenvalue weighted by atomic mass is 9.55. The molecule has 3 nitrogen and oxygen atoms in total. The number of Topliss-reactive ketones (excluding diaryl/α,β-unsaturated/α-hetero) is 1. The van der Waals surface area contributed by atoms with Crippen molar-refractivity contribution in [2.45, 2.75) is 5.41 Å². The molecule has 1 unspecified atom stereocenters. The van der Waals surface area contributed by atoms with Gasteiger partial charge in [0.15, 0.2) is 5.78 Å². The summed E-state index contributed by atoms with van der Waals surface area (Å²) in [6.45, 7) is 0. The third-order valence-electron chi connectivity index (χ3n) is 8.73. The van der Waals surface area contributed by atoms with Crippen LogP contribution in [0.2, 0.25) is 0 Å². The fraction of sp³-hybridized carbons (Fsp3) is 0.103. The van der Waals surface area contributed by atoms with Crippen LogP contribution in [-0.2, 0) is 5.41 Å². The Morgan fingerprint density at radius 2 is 1.21 bits per heavy atom. The fourth-order valence-electron chi connectivity index (χ4n) is 6.79. The van der Waals surface area contributed by atoms with Crippen LogP contribution >= 0.6 is 0 Å². The molecule has 0 aromatic heterocycles. The van der Waals surface area contributed by atoms with Gasteiger partial charge in [0.1, 0.15) is 5.75 Å². The number of nitrogens with zero attached hydrogens (tertiary/aromatic N) is 1. The van der Waals surface area contributed by atoms with Crippen molar-refractivity contribution in [3.8, 4) is 5.75 Å². The summed E-state index contributed by atoms with van der Waals surface area (Å²) in [5, 5.41) is 0. The summed E-state index contributed by atoms with van der Waals surface area (Å²) in [7, 11) is 3.79. The summed E-state index contributed by atoms with van der Waals surface area (Å²) in [6, 6.07) is 45.4. The third-order valence-corrected chi connectivity index (χ3v) is 8.73. The predicted molar refractivity (Wildman–Crippen MR) is 171 cm³/mol. The monoisotopic (exact) mass is 545 g/mol. The van der Waals surface area contributed by atoms with Crippen LogP contribution < -0.4 is 9.64 Å². The molecule has 0 saturated carbocycles. The molecule has 2 aliphatic rings. The minimum absolute atomic E-state index is 0.0928. The Bertz CT molecular complexity index is 1790. The molecule has 1 aliphatic carbocycles. The lowest BCUT2D eigenvalue weighted by molar-refractivity contribution is 0.0924. The number of ether oxygens (including phenoxy) is 1. The maximum atomic E-state index is 15.0. The van der Waals surface area contributed by atoms with Crippen molar-refractivity contribution < 1.29 is 9.53 Å². The number of para-hydroxylation sites is 2. The maximum Gasteiger partial charge on any atom is 0.171 e. The minimum atomic E-state index is -0.762. The number of fused-ring (bicyclic) bond motifs is 4. The van der Waals surface area contributed by atoms with Gasteiger partial charge in [0.2, 0.25) is 0 Å². The molecule has 5 aromatic carbocycles. The van der Waals surface area contributed by atoms with E-state index in [1.165, 1.54) is 0 Å². The van der Waals surface area contributed by atoms with E-state index < -0.39 is 11.3 Å². The zero-order valence-electron chi connectivity index (χ0n) is 23.7. The molecule has 1 aliphatic heterocycles. The van der Waals surface area contributed by atoms with Gasteiger partial charge in [0.05, 0.1) is 18.4 Å². The summed E-state index contributed by atoms with van der Waals surface area (Å²) in [5.41, 5.74) is 8.56. The molecule has 0 saturated heterocycles. The van der Waals surface area contributed by atoms with Crippen molar-refractivity contribution in [1.29, 1.82) is 0 Å². The highest BCUT2D eigenvalue weighted by atomic mass is 16.5. The average Bonchev–Trinajstić information content (AvgIpc) is 3.07. The highest BCUT2D eigenvalue weighted by molar-refractivity contribution is 6.10. The molecule has 0 radical (unpaired) electrons. The van der Waals surface area contributed by atoms with Gasteiger partial charge in [0.25, 0.3) is 0 Å². The van der Waals surface area contributed by atoms with Gasteiger partial charge in [-0.2, -0.15) is 0 Å². The summed E-state index contributed by atoms with van der Waals surface area (Å²) in [5.74, 6) is 0.358. The van der Waals surface area contributed by atoms with Gasteiger partial charge in [-0.25, -0.2) is 0 Å². The maximum absolute atomic E-state index is 15.0. The van der Waals surface area contributed by atoms with Gasteiger partial charge in [-0.3, -0.25) is 4.79 Å². The molecule has 1 heterocycles. The summed E-state index contributed by atoms with van der Waals surface area (Å²) in [6.07, 6.45) is 4.57. The van der Waals surface area contributed by atoms with Crippen molar-refractivity contribution >= 4 is 28.3 Å². The topological polar surface area (TPSA) is 29.5 Å². The van der Waals surface area contributed by atoms with Crippen LogP contribution in [0, 0.1) is 5.92 Å². The molecule has 204 valence electrons. The lowest BCUT2D eigenvalue weighted by Gasteiger charge is -2.49. The average molecular weight is 546 g/mol. The predicted octanol–water partition coefficient (Wildman–Crippen LogP) is 8.74. The number of carbonyl (C=O) groups excluding carboxylic acids is 1. The second-order valence-corrected chi connectivity index (χ2v) is 10.9. The first-order chi connectivity index (χ1) is 20.6. The number of carbonyl (C=O) groups is 1. The Labute approximate surface area is 247 Å². The van der Waals surface area contributed by atoms with E-state index in [1.54, 1.807) is 7.11 Å². The summed E-state index contributed by atoms with van der Waals surface area (Å²) >= 11 is 0. The molecule has 5 aromatic rings. The fourth-order valence-corrected chi connectivity index (χ4v) is 6.79. The van der Waals surface area contributed by atoms with Crippen LogP contribution in [0.5, 0.6) is 5.75 Å². The van der Waals surface area contributed by atoms with Crippen LogP contribution in [0.4, 0.5) is 11.4 Å². The first-order valence-corrected chi connectivity index (χ1v) is 14.3. The van der Waals surface area contributed by atoms with E-state index in [4.69, 9.17) is 4.74 Å². The molecule has 0 fully saturated rings. The van der Waals surface area contributed by atoms with E-state index in [1.807, 2.05) is 48.5 Å². The molecule has 42 heavy (non-hydrogen) atoms. The quantitative estimate of drug-likeness (QED) is 0.207. The molecule has 1 spiro atoms. The number of allylic oxidation sites excluding steroid dienone is 4. The van der Waals surface area contributed by atoms with Crippen LogP contribution in [0.25, 0.3) is 11.1 Å². The van der Waals surface area contributed by atoms with Crippen LogP contribution in [0.1, 0.15) is 32.6 Å². The first kappa shape index (κ1) is 25.8. The Balaban J connectivity index is 1.61. The van der Waals surface area contributed by atoms with Crippen molar-refractivity contribution in [3.63, 3.8) is 0 Å². The second-order valence-electron chi connectivity index (χ2n) is 10.9. The zero-order valence-corrected chi connectivity index (χ0v) is 23.7. The highest BCUT2D eigenvalue weighted by Crippen LogP contribution is 2.59. The number of hydrogen-bond acceptors (Lipinski definition) is 3. The number of methoxy groups -OCH3 is 1. The zero-order chi connectivity index (χ0) is 28.7. The Hall–Kier alpha value is -5.15. The highest BCUT2D eigenvalue weighted by Gasteiger charge is 2.52. The van der Waals surface area contributed by atoms with Gasteiger partial charge in [-0.15, -0.1) is 0 Å². The van der Waals surface area contributed by atoms with Crippen molar-refractivity contribution in [3.05, 3.63) is 173 Å². The number of hydrogen-bond donors (Lipinski definition) is 0. The van der Waals surface area contributed by atoms with E-state index in [2.05, 4.69) is 109 Å². The normalized spacial score (nSPS) is 16.6. The Morgan fingerprint density at radius 1 is 0.667 bits per heavy atom. The molecule has 0 N–H and O–H groups in total. The first-order valence-electron chi connectivity index (χ1n) is 14.3. The van der Waals surface area contributed by atoms with Gasteiger partial charge < -0.3 is 9.64 Å². The lowest BCUT2D eigenvalue weighted by Crippen LogP contribution is -2.45. The third kappa shape index (κ3) is 4.01. The molecule has 7 rings (SSSR count). The smallest absolute Gasteiger partial charge is 0.171 e. The molecule has 0 amide bonds. The minimum Gasteiger partial charge on any atom is -0.497 e. The van der Waals surface area contributed by atoms with Crippen LogP contribution in [0.15, 0.2) is 146 Å². The van der Waals surface area contributed by atoms with Gasteiger partial charge in [0, 0.05) is 24.0 Å². The summed E-state index contributed by atoms with van der Waals surface area (Å²) < 4.78 is 5.50. The van der Waals surface area contributed by atoms with Gasteiger partial charge in [-0.05, 0) is 57.7 Å². The van der Waals surface area contributed by atoms with Crippen LogP contribution in [-0.4, -0.2) is 19.9 Å². The number of anilines is 2. The molecule has 1 atom stereocenters. The van der Waals surface area contributed by atoms with Gasteiger partial charge >= 0.3 is 0 Å². The largest absolute Gasteiger partial charge is 0.497 e. The number of ketones is 1. The second kappa shape index (κ2) is 10.4. The van der Waals surface area contributed by atoms with Crippen LogP contribution in [0.3, 0.4) is 0 Å². The van der Waals surface area contributed by atoms with E-state index >= 15 is 4.79 Å². The molecular formula is C39H31NO2. The van der Waals surface area contributed by atoms with E-state index in [-0.39, 0.29) is 5.78 Å². The standard InChI is InChI=1S/C39H31NO2/c1-40-35-19-11-9-17-33(35)39(34-18-10-12-20-36(34)40)26-30(27-13-5-3-6-14-27)25-32(28-21-23-31(42-2)24-22-28)37(39)38(41)29-15-7-4-8-16-29/h3-26,37H,1-2H3. The SMILES string of the molecule is COc1ccc(C2=CC(c3ccccc3)=CC3(c4ccccc4N(C)c4ccccc43)C2C(=O)c2ccccc2)cc1. The number of rotatable bonds is 5. The van der Waals surface area contributed by atoms with E-state index in [0.29, 0.717) is 5.56 Å².